The molecule has 0 radical (unpaired) electrons. The van der Waals surface area contributed by atoms with Crippen LogP contribution in [0.25, 0.3) is 22.2 Å². The van der Waals surface area contributed by atoms with Crippen LogP contribution in [0.5, 0.6) is 5.75 Å². The molecule has 0 spiro atoms. The van der Waals surface area contributed by atoms with Gasteiger partial charge in [-0.3, -0.25) is 9.78 Å². The summed E-state index contributed by atoms with van der Waals surface area (Å²) in [5, 5.41) is 0.864. The third-order valence-corrected chi connectivity index (χ3v) is 14.5. The van der Waals surface area contributed by atoms with E-state index in [9.17, 15) is 4.79 Å². The Morgan fingerprint density at radius 3 is 2.32 bits per heavy atom. The average Bonchev–Trinajstić information content (AvgIpc) is 3.24. The molecule has 0 amide bonds. The molecule has 3 heterocycles. The lowest BCUT2D eigenvalue weighted by Crippen LogP contribution is -2.51. The predicted molar refractivity (Wildman–Crippen MR) is 150 cm³/mol. The van der Waals surface area contributed by atoms with Crippen molar-refractivity contribution in [1.82, 2.24) is 14.2 Å². The second kappa shape index (κ2) is 11.2. The molecule has 0 atom stereocenters. The van der Waals surface area contributed by atoms with Crippen LogP contribution in [0.3, 0.4) is 0 Å². The zero-order valence-electron chi connectivity index (χ0n) is 22.8. The Balaban J connectivity index is 1.98. The Morgan fingerprint density at radius 2 is 1.71 bits per heavy atom. The number of benzene rings is 1. The number of hydrogen-bond acceptors (Lipinski definition) is 4. The number of ether oxygens (including phenoxy) is 1. The minimum atomic E-state index is -2.23. The van der Waals surface area contributed by atoms with Gasteiger partial charge in [0, 0.05) is 53.3 Å². The van der Waals surface area contributed by atoms with Crippen LogP contribution in [0.2, 0.25) is 16.6 Å². The largest absolute Gasteiger partial charge is 0.483 e. The Kier molecular flexibility index (Phi) is 8.11. The Labute approximate surface area is 224 Å². The number of carbonyl (C=O) groups excluding carboxylic acids is 1. The first-order valence-corrected chi connectivity index (χ1v) is 15.2. The van der Waals surface area contributed by atoms with Crippen molar-refractivity contribution in [3.8, 4) is 16.9 Å². The molecule has 3 aromatic heterocycles. The minimum Gasteiger partial charge on any atom is -0.483 e. The van der Waals surface area contributed by atoms with Gasteiger partial charge in [-0.15, -0.1) is 0 Å². The lowest BCUT2D eigenvalue weighted by Gasteiger charge is -2.44. The number of aldehydes is 1. The van der Waals surface area contributed by atoms with E-state index < -0.39 is 19.9 Å². The summed E-state index contributed by atoms with van der Waals surface area (Å²) in [6.07, 6.45) is 7.99. The molecule has 0 N–H and O–H groups in total. The van der Waals surface area contributed by atoms with Crippen molar-refractivity contribution in [2.75, 3.05) is 6.61 Å². The molecule has 0 aliphatic heterocycles. The highest BCUT2D eigenvalue weighted by Crippen LogP contribution is 2.45. The smallest absolute Gasteiger partial charge is 0.171 e. The molecule has 0 saturated carbocycles. The van der Waals surface area contributed by atoms with Gasteiger partial charge in [0.1, 0.15) is 18.1 Å². The molecule has 4 aromatic rings. The van der Waals surface area contributed by atoms with Crippen molar-refractivity contribution >= 4 is 25.6 Å². The highest BCUT2D eigenvalue weighted by atomic mass is 28.3. The number of pyridine rings is 2. The van der Waals surface area contributed by atoms with Gasteiger partial charge in [0.05, 0.1) is 0 Å². The van der Waals surface area contributed by atoms with Crippen molar-refractivity contribution in [1.29, 1.82) is 0 Å². The maximum atomic E-state index is 15.4. The molecule has 38 heavy (non-hydrogen) atoms. The third-order valence-electron chi connectivity index (χ3n) is 7.74. The molecule has 0 bridgehead atoms. The van der Waals surface area contributed by atoms with Crippen LogP contribution in [0.1, 0.15) is 52.7 Å². The molecule has 5 nitrogen and oxygen atoms in total. The van der Waals surface area contributed by atoms with Crippen molar-refractivity contribution in [3.05, 3.63) is 77.9 Å². The highest BCUT2D eigenvalue weighted by molar-refractivity contribution is 6.82. The summed E-state index contributed by atoms with van der Waals surface area (Å²) in [6.45, 7) is 13.3. The Hall–Kier alpha value is -3.39. The monoisotopic (exact) mass is 535 g/mol. The van der Waals surface area contributed by atoms with E-state index in [1.54, 1.807) is 12.4 Å². The van der Waals surface area contributed by atoms with Gasteiger partial charge in [-0.2, -0.15) is 0 Å². The number of fused-ring (bicyclic) bond motifs is 1. The van der Waals surface area contributed by atoms with E-state index in [0.717, 1.165) is 27.7 Å². The fraction of sp³-hybridized carbons (Fsp3) is 0.367. The SMILES string of the molecule is CC(C)[Si](C(C)C)(C(C)C)n1cc(Cc2c(F)ccc(OCC=O)c2F)c2cc(-c3cccnc3)cnc21. The first kappa shape index (κ1) is 27.6. The summed E-state index contributed by atoms with van der Waals surface area (Å²) in [5.41, 5.74) is 4.55. The quantitative estimate of drug-likeness (QED) is 0.155. The molecule has 8 heteroatoms. The van der Waals surface area contributed by atoms with Gasteiger partial charge in [-0.1, -0.05) is 47.6 Å². The van der Waals surface area contributed by atoms with Gasteiger partial charge in [0.25, 0.3) is 0 Å². The van der Waals surface area contributed by atoms with E-state index in [-0.39, 0.29) is 24.3 Å². The first-order valence-electron chi connectivity index (χ1n) is 13.1. The number of halogens is 2. The Morgan fingerprint density at radius 1 is 1.00 bits per heavy atom. The molecule has 4 rings (SSSR count). The van der Waals surface area contributed by atoms with E-state index in [4.69, 9.17) is 9.72 Å². The molecule has 0 unspecified atom stereocenters. The second-order valence-electron chi connectivity index (χ2n) is 10.7. The van der Waals surface area contributed by atoms with Gasteiger partial charge in [0.15, 0.2) is 26.1 Å². The van der Waals surface area contributed by atoms with Gasteiger partial charge in [-0.05, 0) is 46.5 Å². The normalized spacial score (nSPS) is 12.2. The van der Waals surface area contributed by atoms with Gasteiger partial charge < -0.3 is 8.97 Å². The molecule has 0 aliphatic rings. The van der Waals surface area contributed by atoms with Gasteiger partial charge >= 0.3 is 0 Å². The molecule has 0 aliphatic carbocycles. The maximum absolute atomic E-state index is 15.4. The van der Waals surface area contributed by atoms with E-state index in [0.29, 0.717) is 22.9 Å². The zero-order chi connectivity index (χ0) is 27.6. The summed E-state index contributed by atoms with van der Waals surface area (Å²) < 4.78 is 38.0. The van der Waals surface area contributed by atoms with Crippen LogP contribution < -0.4 is 4.74 Å². The summed E-state index contributed by atoms with van der Waals surface area (Å²) in [5.74, 6) is -1.58. The van der Waals surface area contributed by atoms with Crippen molar-refractivity contribution in [2.24, 2.45) is 0 Å². The van der Waals surface area contributed by atoms with E-state index in [2.05, 4.69) is 57.0 Å². The van der Waals surface area contributed by atoms with Gasteiger partial charge in [-0.25, -0.2) is 13.8 Å². The molecule has 200 valence electrons. The third kappa shape index (κ3) is 4.77. The minimum absolute atomic E-state index is 0.0242. The summed E-state index contributed by atoms with van der Waals surface area (Å²) in [7, 11) is -2.23. The number of rotatable bonds is 10. The molecular weight excluding hydrogens is 500 g/mol. The standard InChI is InChI=1S/C30H35F2N3O2Si/c1-19(2)38(20(3)4,21(5)6)35-18-24(15-26-27(31)9-10-28(29(26)32)37-13-12-36)25-14-23(17-34-30(25)35)22-8-7-11-33-16-22/h7-12,14,16-21H,13,15H2,1-6H3. The van der Waals surface area contributed by atoms with Crippen LogP contribution in [0.4, 0.5) is 8.78 Å². The fourth-order valence-electron chi connectivity index (χ4n) is 6.30. The highest BCUT2D eigenvalue weighted by Gasteiger charge is 2.46. The van der Waals surface area contributed by atoms with Crippen LogP contribution in [0, 0.1) is 11.6 Å². The predicted octanol–water partition coefficient (Wildman–Crippen LogP) is 7.57. The first-order chi connectivity index (χ1) is 18.1. The topological polar surface area (TPSA) is 57.0 Å². The Bertz CT molecular complexity index is 1410. The van der Waals surface area contributed by atoms with Crippen LogP contribution in [-0.2, 0) is 11.2 Å². The lowest BCUT2D eigenvalue weighted by atomic mass is 10.0. The van der Waals surface area contributed by atoms with Crippen molar-refractivity contribution in [3.63, 3.8) is 0 Å². The molecular formula is C30H35F2N3O2Si. The maximum Gasteiger partial charge on any atom is 0.171 e. The lowest BCUT2D eigenvalue weighted by molar-refractivity contribution is -0.109. The molecule has 0 fully saturated rings. The number of nitrogens with zero attached hydrogens (tertiary/aromatic N) is 3. The molecule has 0 saturated heterocycles. The number of aromatic nitrogens is 3. The second-order valence-corrected chi connectivity index (χ2v) is 16.4. The van der Waals surface area contributed by atoms with Gasteiger partial charge in [0.2, 0.25) is 0 Å². The summed E-state index contributed by atoms with van der Waals surface area (Å²) >= 11 is 0. The number of carbonyl (C=O) groups is 1. The van der Waals surface area contributed by atoms with Crippen molar-refractivity contribution < 1.29 is 18.3 Å². The van der Waals surface area contributed by atoms with E-state index >= 15 is 8.78 Å². The zero-order valence-corrected chi connectivity index (χ0v) is 23.8. The average molecular weight is 536 g/mol. The van der Waals surface area contributed by atoms with Crippen LogP contribution in [-0.4, -0.2) is 35.3 Å². The van der Waals surface area contributed by atoms with E-state index in [1.807, 2.05) is 24.4 Å². The fourth-order valence-corrected chi connectivity index (χ4v) is 12.9. The van der Waals surface area contributed by atoms with Crippen molar-refractivity contribution in [2.45, 2.75) is 64.6 Å². The molecule has 1 aromatic carbocycles. The number of hydrogen-bond donors (Lipinski definition) is 0. The van der Waals surface area contributed by atoms with Crippen LogP contribution in [0.15, 0.2) is 55.1 Å². The summed E-state index contributed by atoms with van der Waals surface area (Å²) in [4.78, 5) is 20.0. The van der Waals surface area contributed by atoms with E-state index in [1.165, 1.54) is 12.1 Å². The summed E-state index contributed by atoms with van der Waals surface area (Å²) in [6, 6.07) is 8.29. The van der Waals surface area contributed by atoms with Crippen LogP contribution >= 0.6 is 0 Å².